The van der Waals surface area contributed by atoms with Crippen LogP contribution in [0, 0.1) is 13.8 Å². The van der Waals surface area contributed by atoms with Crippen molar-refractivity contribution >= 4 is 17.6 Å². The number of anilines is 1. The average molecular weight is 371 g/mol. The van der Waals surface area contributed by atoms with Crippen LogP contribution >= 0.6 is 0 Å². The van der Waals surface area contributed by atoms with Gasteiger partial charge in [0, 0.05) is 17.9 Å². The number of esters is 1. The molecule has 0 aliphatic carbocycles. The standard InChI is InChI=1S/C21H25NO5/c1-5-26-12-17-11-16(9-10-19(17)25-4)21(24)27-13-20(23)22-18-8-6-7-14(2)15(18)3/h6-11H,5,12-13H2,1-4H3,(H,22,23). The first-order valence-corrected chi connectivity index (χ1v) is 8.74. The van der Waals surface area contributed by atoms with E-state index in [1.54, 1.807) is 25.3 Å². The molecule has 6 heteroatoms. The molecule has 0 saturated heterocycles. The van der Waals surface area contributed by atoms with Crippen molar-refractivity contribution in [3.05, 3.63) is 58.7 Å². The van der Waals surface area contributed by atoms with E-state index in [0.717, 1.165) is 16.7 Å². The van der Waals surface area contributed by atoms with Crippen LogP contribution in [0.15, 0.2) is 36.4 Å². The maximum absolute atomic E-state index is 12.3. The fourth-order valence-corrected chi connectivity index (χ4v) is 2.52. The zero-order chi connectivity index (χ0) is 19.8. The summed E-state index contributed by atoms with van der Waals surface area (Å²) in [4.78, 5) is 24.4. The van der Waals surface area contributed by atoms with Crippen molar-refractivity contribution in [1.82, 2.24) is 0 Å². The molecule has 2 aromatic rings. The third-order valence-corrected chi connectivity index (χ3v) is 4.19. The van der Waals surface area contributed by atoms with Crippen molar-refractivity contribution in [2.75, 3.05) is 25.6 Å². The fourth-order valence-electron chi connectivity index (χ4n) is 2.52. The van der Waals surface area contributed by atoms with Crippen LogP contribution in [0.25, 0.3) is 0 Å². The van der Waals surface area contributed by atoms with E-state index in [1.165, 1.54) is 0 Å². The Kier molecular flexibility index (Phi) is 7.37. The number of carbonyl (C=O) groups is 2. The summed E-state index contributed by atoms with van der Waals surface area (Å²) in [6.07, 6.45) is 0. The third-order valence-electron chi connectivity index (χ3n) is 4.19. The van der Waals surface area contributed by atoms with Crippen LogP contribution in [0.3, 0.4) is 0 Å². The number of hydrogen-bond donors (Lipinski definition) is 1. The molecular formula is C21H25NO5. The predicted molar refractivity (Wildman–Crippen MR) is 103 cm³/mol. The molecule has 1 N–H and O–H groups in total. The first-order chi connectivity index (χ1) is 13.0. The molecule has 0 fully saturated rings. The molecule has 6 nitrogen and oxygen atoms in total. The quantitative estimate of drug-likeness (QED) is 0.717. The fraction of sp³-hybridized carbons (Fsp3) is 0.333. The minimum absolute atomic E-state index is 0.327. The highest BCUT2D eigenvalue weighted by Gasteiger charge is 2.14. The summed E-state index contributed by atoms with van der Waals surface area (Å²) in [7, 11) is 1.56. The van der Waals surface area contributed by atoms with Gasteiger partial charge in [0.05, 0.1) is 19.3 Å². The number of ether oxygens (including phenoxy) is 3. The van der Waals surface area contributed by atoms with Gasteiger partial charge in [0.2, 0.25) is 0 Å². The molecule has 0 aliphatic rings. The molecule has 0 aromatic heterocycles. The van der Waals surface area contributed by atoms with Gasteiger partial charge < -0.3 is 19.5 Å². The van der Waals surface area contributed by atoms with Gasteiger partial charge in [-0.1, -0.05) is 12.1 Å². The van der Waals surface area contributed by atoms with E-state index in [4.69, 9.17) is 14.2 Å². The van der Waals surface area contributed by atoms with Gasteiger partial charge in [0.1, 0.15) is 5.75 Å². The smallest absolute Gasteiger partial charge is 0.338 e. The van der Waals surface area contributed by atoms with E-state index in [9.17, 15) is 9.59 Å². The van der Waals surface area contributed by atoms with Crippen LogP contribution in [-0.2, 0) is 20.9 Å². The molecule has 2 aromatic carbocycles. The lowest BCUT2D eigenvalue weighted by atomic mass is 10.1. The van der Waals surface area contributed by atoms with Gasteiger partial charge in [0.15, 0.2) is 6.61 Å². The van der Waals surface area contributed by atoms with Crippen molar-refractivity contribution in [2.24, 2.45) is 0 Å². The van der Waals surface area contributed by atoms with Crippen molar-refractivity contribution in [2.45, 2.75) is 27.4 Å². The van der Waals surface area contributed by atoms with Crippen LogP contribution in [0.5, 0.6) is 5.75 Å². The highest BCUT2D eigenvalue weighted by Crippen LogP contribution is 2.21. The van der Waals surface area contributed by atoms with Crippen LogP contribution in [0.2, 0.25) is 0 Å². The Morgan fingerprint density at radius 3 is 2.59 bits per heavy atom. The third kappa shape index (κ3) is 5.56. The van der Waals surface area contributed by atoms with Gasteiger partial charge in [-0.05, 0) is 56.2 Å². The number of methoxy groups -OCH3 is 1. The molecule has 0 unspecified atom stereocenters. The van der Waals surface area contributed by atoms with E-state index in [1.807, 2.05) is 39.0 Å². The number of aryl methyl sites for hydroxylation is 1. The zero-order valence-corrected chi connectivity index (χ0v) is 16.1. The molecule has 0 spiro atoms. The number of benzene rings is 2. The summed E-state index contributed by atoms with van der Waals surface area (Å²) in [6, 6.07) is 10.6. The molecule has 27 heavy (non-hydrogen) atoms. The van der Waals surface area contributed by atoms with E-state index in [-0.39, 0.29) is 12.5 Å². The number of carbonyl (C=O) groups excluding carboxylic acids is 2. The van der Waals surface area contributed by atoms with Gasteiger partial charge in [-0.25, -0.2) is 4.79 Å². The Morgan fingerprint density at radius 1 is 1.11 bits per heavy atom. The zero-order valence-electron chi connectivity index (χ0n) is 16.1. The lowest BCUT2D eigenvalue weighted by Gasteiger charge is -2.12. The maximum atomic E-state index is 12.3. The first-order valence-electron chi connectivity index (χ1n) is 8.74. The molecule has 1 amide bonds. The second-order valence-corrected chi connectivity index (χ2v) is 6.04. The Morgan fingerprint density at radius 2 is 1.89 bits per heavy atom. The number of rotatable bonds is 8. The summed E-state index contributed by atoms with van der Waals surface area (Å²) in [5, 5.41) is 2.76. The Hall–Kier alpha value is -2.86. The Balaban J connectivity index is 1.98. The molecule has 0 radical (unpaired) electrons. The summed E-state index contributed by atoms with van der Waals surface area (Å²) in [6.45, 7) is 6.30. The number of hydrogen-bond acceptors (Lipinski definition) is 5. The minimum Gasteiger partial charge on any atom is -0.496 e. The molecule has 0 atom stereocenters. The van der Waals surface area contributed by atoms with Crippen molar-refractivity contribution in [3.63, 3.8) is 0 Å². The van der Waals surface area contributed by atoms with Crippen LogP contribution < -0.4 is 10.1 Å². The van der Waals surface area contributed by atoms with Crippen LogP contribution in [0.4, 0.5) is 5.69 Å². The molecule has 144 valence electrons. The molecular weight excluding hydrogens is 346 g/mol. The van der Waals surface area contributed by atoms with E-state index in [0.29, 0.717) is 30.2 Å². The van der Waals surface area contributed by atoms with E-state index < -0.39 is 5.97 Å². The van der Waals surface area contributed by atoms with Gasteiger partial charge in [-0.3, -0.25) is 4.79 Å². The monoisotopic (exact) mass is 371 g/mol. The normalized spacial score (nSPS) is 10.4. The molecule has 0 saturated carbocycles. The number of nitrogens with one attached hydrogen (secondary N) is 1. The van der Waals surface area contributed by atoms with Crippen LogP contribution in [-0.4, -0.2) is 32.2 Å². The minimum atomic E-state index is -0.577. The van der Waals surface area contributed by atoms with Gasteiger partial charge in [-0.2, -0.15) is 0 Å². The summed E-state index contributed by atoms with van der Waals surface area (Å²) in [5.41, 5.74) is 3.84. The van der Waals surface area contributed by atoms with Crippen molar-refractivity contribution in [1.29, 1.82) is 0 Å². The highest BCUT2D eigenvalue weighted by molar-refractivity contribution is 5.96. The van der Waals surface area contributed by atoms with Crippen LogP contribution in [0.1, 0.15) is 34.0 Å². The van der Waals surface area contributed by atoms with Crippen molar-refractivity contribution < 1.29 is 23.8 Å². The number of amides is 1. The van der Waals surface area contributed by atoms with Gasteiger partial charge in [0.25, 0.3) is 5.91 Å². The molecule has 0 aliphatic heterocycles. The Labute approximate surface area is 159 Å². The maximum Gasteiger partial charge on any atom is 0.338 e. The lowest BCUT2D eigenvalue weighted by molar-refractivity contribution is -0.119. The predicted octanol–water partition coefficient (Wildman–Crippen LogP) is 3.64. The highest BCUT2D eigenvalue weighted by atomic mass is 16.5. The second-order valence-electron chi connectivity index (χ2n) is 6.04. The summed E-state index contributed by atoms with van der Waals surface area (Å²) in [5.74, 6) is -0.334. The second kappa shape index (κ2) is 9.73. The lowest BCUT2D eigenvalue weighted by Crippen LogP contribution is -2.21. The largest absolute Gasteiger partial charge is 0.496 e. The van der Waals surface area contributed by atoms with Crippen molar-refractivity contribution in [3.8, 4) is 5.75 Å². The topological polar surface area (TPSA) is 73.9 Å². The van der Waals surface area contributed by atoms with E-state index in [2.05, 4.69) is 5.32 Å². The van der Waals surface area contributed by atoms with Gasteiger partial charge in [-0.15, -0.1) is 0 Å². The SMILES string of the molecule is CCOCc1cc(C(=O)OCC(=O)Nc2cccc(C)c2C)ccc1OC. The molecule has 2 rings (SSSR count). The average Bonchev–Trinajstić information content (AvgIpc) is 2.67. The summed E-state index contributed by atoms with van der Waals surface area (Å²) < 4.78 is 15.8. The van der Waals surface area contributed by atoms with Gasteiger partial charge >= 0.3 is 5.97 Å². The molecule has 0 heterocycles. The Bertz CT molecular complexity index is 816. The first kappa shape index (κ1) is 20.5. The molecule has 0 bridgehead atoms. The summed E-state index contributed by atoms with van der Waals surface area (Å²) >= 11 is 0. The van der Waals surface area contributed by atoms with E-state index >= 15 is 0 Å².